The number of hydrogen-bond donors (Lipinski definition) is 2. The molecule has 194 valence electrons. The third-order valence-electron chi connectivity index (χ3n) is 7.83. The molecule has 3 unspecified atom stereocenters. The highest BCUT2D eigenvalue weighted by Crippen LogP contribution is 2.56. The maximum absolute atomic E-state index is 12.7. The van der Waals surface area contributed by atoms with Gasteiger partial charge in [-0.05, 0) is 25.0 Å². The van der Waals surface area contributed by atoms with Crippen LogP contribution in [0.25, 0.3) is 0 Å². The molecule has 1 saturated heterocycles. The topological polar surface area (TPSA) is 91.1 Å². The van der Waals surface area contributed by atoms with E-state index in [1.54, 1.807) is 4.57 Å². The molecule has 0 saturated carbocycles. The van der Waals surface area contributed by atoms with Crippen LogP contribution in [0.1, 0.15) is 68.4 Å². The van der Waals surface area contributed by atoms with Crippen molar-refractivity contribution in [1.29, 1.82) is 0 Å². The number of unbranched alkanes of at least 4 members (excludes halogenated alkanes) is 3. The Morgan fingerprint density at radius 2 is 1.75 bits per heavy atom. The molecule has 0 spiro atoms. The molecular formula is C28H38N4O4. The molecule has 3 atom stereocenters. The van der Waals surface area contributed by atoms with Crippen LogP contribution in [0.2, 0.25) is 0 Å². The van der Waals surface area contributed by atoms with E-state index in [9.17, 15) is 15.0 Å². The molecule has 8 heteroatoms. The van der Waals surface area contributed by atoms with Crippen LogP contribution in [0, 0.1) is 0 Å². The second-order valence-electron chi connectivity index (χ2n) is 10.3. The third-order valence-corrected chi connectivity index (χ3v) is 7.83. The lowest BCUT2D eigenvalue weighted by molar-refractivity contribution is -0.151. The fourth-order valence-corrected chi connectivity index (χ4v) is 5.93. The number of aromatic nitrogens is 2. The SMILES string of the molecule is CCCCCCC(=O)OC(CN1CCN(c2ccccn2)CC1)Cn1c(O)c2c(c1O)C1C=CC2C1. The summed E-state index contributed by atoms with van der Waals surface area (Å²) >= 11 is 0. The van der Waals surface area contributed by atoms with Gasteiger partial charge in [-0.1, -0.05) is 44.4 Å². The number of aromatic hydroxyl groups is 2. The van der Waals surface area contributed by atoms with Gasteiger partial charge in [-0.25, -0.2) is 4.98 Å². The molecule has 8 nitrogen and oxygen atoms in total. The number of carbonyl (C=O) groups is 1. The number of ether oxygens (including phenoxy) is 1. The molecule has 3 aliphatic rings. The summed E-state index contributed by atoms with van der Waals surface area (Å²) in [4.78, 5) is 21.7. The number of allylic oxidation sites excluding steroid dienone is 2. The molecular weight excluding hydrogens is 456 g/mol. The summed E-state index contributed by atoms with van der Waals surface area (Å²) in [5.74, 6) is 1.33. The first kappa shape index (κ1) is 24.7. The van der Waals surface area contributed by atoms with Gasteiger partial charge in [0.2, 0.25) is 0 Å². The number of rotatable bonds is 11. The van der Waals surface area contributed by atoms with Gasteiger partial charge in [-0.2, -0.15) is 0 Å². The summed E-state index contributed by atoms with van der Waals surface area (Å²) in [5.41, 5.74) is 1.68. The highest BCUT2D eigenvalue weighted by atomic mass is 16.5. The van der Waals surface area contributed by atoms with Crippen molar-refractivity contribution < 1.29 is 19.7 Å². The van der Waals surface area contributed by atoms with Gasteiger partial charge >= 0.3 is 5.97 Å². The van der Waals surface area contributed by atoms with E-state index in [1.165, 1.54) is 0 Å². The van der Waals surface area contributed by atoms with Crippen LogP contribution in [-0.2, 0) is 16.1 Å². The largest absolute Gasteiger partial charge is 0.494 e. The molecule has 36 heavy (non-hydrogen) atoms. The van der Waals surface area contributed by atoms with E-state index in [2.05, 4.69) is 33.9 Å². The lowest BCUT2D eigenvalue weighted by Crippen LogP contribution is -2.49. The predicted molar refractivity (Wildman–Crippen MR) is 139 cm³/mol. The van der Waals surface area contributed by atoms with Crippen molar-refractivity contribution in [3.63, 3.8) is 0 Å². The van der Waals surface area contributed by atoms with Gasteiger partial charge in [0.25, 0.3) is 0 Å². The second kappa shape index (κ2) is 10.9. The van der Waals surface area contributed by atoms with Crippen molar-refractivity contribution in [3.05, 3.63) is 47.7 Å². The molecule has 2 aromatic rings. The van der Waals surface area contributed by atoms with Gasteiger partial charge in [0.1, 0.15) is 11.9 Å². The number of anilines is 1. The van der Waals surface area contributed by atoms with Gasteiger partial charge in [0.05, 0.1) is 6.54 Å². The number of fused-ring (bicyclic) bond motifs is 5. The van der Waals surface area contributed by atoms with Crippen LogP contribution in [0.4, 0.5) is 5.82 Å². The van der Waals surface area contributed by atoms with E-state index in [1.807, 2.05) is 24.4 Å². The predicted octanol–water partition coefficient (Wildman–Crippen LogP) is 4.14. The molecule has 5 rings (SSSR count). The minimum Gasteiger partial charge on any atom is -0.494 e. The number of nitrogens with zero attached hydrogens (tertiary/aromatic N) is 4. The quantitative estimate of drug-likeness (QED) is 0.276. The maximum atomic E-state index is 12.7. The van der Waals surface area contributed by atoms with Crippen molar-refractivity contribution in [2.45, 2.75) is 69.9 Å². The van der Waals surface area contributed by atoms with E-state index in [0.717, 1.165) is 75.2 Å². The van der Waals surface area contributed by atoms with Crippen molar-refractivity contribution in [2.75, 3.05) is 37.6 Å². The Morgan fingerprint density at radius 1 is 1.03 bits per heavy atom. The molecule has 0 amide bonds. The van der Waals surface area contributed by atoms with Gasteiger partial charge in [0.15, 0.2) is 11.8 Å². The molecule has 2 N–H and O–H groups in total. The molecule has 2 bridgehead atoms. The monoisotopic (exact) mass is 494 g/mol. The fraction of sp³-hybridized carbons (Fsp3) is 0.571. The zero-order valence-corrected chi connectivity index (χ0v) is 21.2. The molecule has 0 radical (unpaired) electrons. The van der Waals surface area contributed by atoms with Crippen molar-refractivity contribution >= 4 is 11.8 Å². The normalized spacial score (nSPS) is 21.6. The molecule has 1 fully saturated rings. The minimum absolute atomic E-state index is 0.114. The molecule has 1 aliphatic heterocycles. The Hall–Kier alpha value is -3.00. The second-order valence-corrected chi connectivity index (χ2v) is 10.3. The number of esters is 1. The van der Waals surface area contributed by atoms with Gasteiger partial charge in [0, 0.05) is 68.3 Å². The van der Waals surface area contributed by atoms with E-state index in [-0.39, 0.29) is 36.1 Å². The zero-order chi connectivity index (χ0) is 25.1. The first-order valence-corrected chi connectivity index (χ1v) is 13.5. The Balaban J connectivity index is 1.25. The number of piperazine rings is 1. The summed E-state index contributed by atoms with van der Waals surface area (Å²) < 4.78 is 7.52. The van der Waals surface area contributed by atoms with Gasteiger partial charge in [-0.15, -0.1) is 0 Å². The van der Waals surface area contributed by atoms with E-state index >= 15 is 0 Å². The van der Waals surface area contributed by atoms with E-state index < -0.39 is 6.10 Å². The first-order valence-electron chi connectivity index (χ1n) is 13.5. The Morgan fingerprint density at radius 3 is 2.39 bits per heavy atom. The lowest BCUT2D eigenvalue weighted by atomic mass is 10.0. The average molecular weight is 495 g/mol. The smallest absolute Gasteiger partial charge is 0.306 e. The highest BCUT2D eigenvalue weighted by Gasteiger charge is 2.41. The maximum Gasteiger partial charge on any atom is 0.306 e. The summed E-state index contributed by atoms with van der Waals surface area (Å²) in [6.07, 6.45) is 11.0. The summed E-state index contributed by atoms with van der Waals surface area (Å²) in [5, 5.41) is 22.0. The molecule has 2 aliphatic carbocycles. The van der Waals surface area contributed by atoms with Gasteiger partial charge < -0.3 is 19.8 Å². The Kier molecular flexibility index (Phi) is 7.51. The fourth-order valence-electron chi connectivity index (χ4n) is 5.93. The van der Waals surface area contributed by atoms with Crippen LogP contribution in [0.15, 0.2) is 36.5 Å². The molecule has 2 aromatic heterocycles. The zero-order valence-electron chi connectivity index (χ0n) is 21.2. The number of carbonyl (C=O) groups excluding carboxylic acids is 1. The number of pyridine rings is 1. The van der Waals surface area contributed by atoms with Gasteiger partial charge in [-0.3, -0.25) is 14.3 Å². The summed E-state index contributed by atoms with van der Waals surface area (Å²) in [6, 6.07) is 5.95. The van der Waals surface area contributed by atoms with Crippen molar-refractivity contribution in [2.24, 2.45) is 0 Å². The lowest BCUT2D eigenvalue weighted by Gasteiger charge is -2.37. The van der Waals surface area contributed by atoms with E-state index in [0.29, 0.717) is 13.0 Å². The standard InChI is InChI=1S/C28H38N4O4/c1-2-3-4-5-9-24(33)36-22(18-30-13-15-31(16-14-30)23-8-6-7-12-29-23)19-32-27(34)25-20-10-11-21(17-20)26(25)28(32)35/h6-8,10-12,20-22,34-35H,2-5,9,13-19H2,1H3. The van der Waals surface area contributed by atoms with Crippen LogP contribution >= 0.6 is 0 Å². The third kappa shape index (κ3) is 5.09. The minimum atomic E-state index is -0.458. The summed E-state index contributed by atoms with van der Waals surface area (Å²) in [6.45, 7) is 6.30. The Bertz CT molecular complexity index is 1040. The summed E-state index contributed by atoms with van der Waals surface area (Å²) in [7, 11) is 0. The first-order chi connectivity index (χ1) is 17.5. The van der Waals surface area contributed by atoms with Crippen LogP contribution in [-0.4, -0.2) is 69.5 Å². The number of hydrogen-bond acceptors (Lipinski definition) is 7. The van der Waals surface area contributed by atoms with E-state index in [4.69, 9.17) is 4.74 Å². The van der Waals surface area contributed by atoms with Crippen LogP contribution < -0.4 is 4.90 Å². The Labute approximate surface area is 213 Å². The van der Waals surface area contributed by atoms with Crippen molar-refractivity contribution in [1.82, 2.24) is 14.5 Å². The molecule has 3 heterocycles. The van der Waals surface area contributed by atoms with Crippen LogP contribution in [0.5, 0.6) is 11.8 Å². The average Bonchev–Trinajstić information content (AvgIpc) is 3.58. The highest BCUT2D eigenvalue weighted by molar-refractivity contribution is 5.69. The van der Waals surface area contributed by atoms with Crippen molar-refractivity contribution in [3.8, 4) is 11.8 Å². The van der Waals surface area contributed by atoms with Crippen LogP contribution in [0.3, 0.4) is 0 Å². The molecule has 0 aromatic carbocycles.